The van der Waals surface area contributed by atoms with E-state index in [1.165, 1.54) is 31.2 Å². The van der Waals surface area contributed by atoms with Crippen molar-refractivity contribution in [2.24, 2.45) is 11.7 Å². The van der Waals surface area contributed by atoms with Crippen LogP contribution in [0.15, 0.2) is 126 Å². The first-order valence-electron chi connectivity index (χ1n) is 31.6. The molecule has 14 unspecified atom stereocenters. The summed E-state index contributed by atoms with van der Waals surface area (Å²) in [6.45, 7) is 1.75. The minimum absolute atomic E-state index is 0.0280. The van der Waals surface area contributed by atoms with Crippen LogP contribution in [0.5, 0.6) is 23.0 Å². The number of carbonyl (C=O) groups is 8. The molecule has 0 spiro atoms. The van der Waals surface area contributed by atoms with E-state index in [-0.39, 0.29) is 35.2 Å². The number of rotatable bonds is 23. The van der Waals surface area contributed by atoms with Crippen molar-refractivity contribution in [2.75, 3.05) is 32.8 Å². The molecule has 3 aliphatic rings. The minimum atomic E-state index is -2.54. The van der Waals surface area contributed by atoms with E-state index in [1.54, 1.807) is 0 Å². The third-order valence-electron chi connectivity index (χ3n) is 16.9. The Balaban J connectivity index is 0.933. The molecule has 5 aromatic carbocycles. The second-order valence-corrected chi connectivity index (χ2v) is 24.6. The average Bonchev–Trinajstić information content (AvgIpc) is 1.58. The van der Waals surface area contributed by atoms with Gasteiger partial charge in [0.15, 0.2) is 11.5 Å². The predicted molar refractivity (Wildman–Crippen MR) is 348 cm³/mol. The number of β-amino-alcohol motifs (C(OH)–C–C–N with tert-alkyl or cyclic N) is 1. The van der Waals surface area contributed by atoms with Crippen LogP contribution in [0.4, 0.5) is 0 Å². The number of ether oxygens (including phenoxy) is 2. The van der Waals surface area contributed by atoms with Crippen molar-refractivity contribution in [3.8, 4) is 57.0 Å². The second-order valence-electron chi connectivity index (χ2n) is 24.2. The molecule has 16 N–H and O–H groups in total. The van der Waals surface area contributed by atoms with Gasteiger partial charge in [-0.15, -0.1) is 10.2 Å². The Kier molecular flexibility index (Phi) is 25.5. The number of phenols is 1. The van der Waals surface area contributed by atoms with Gasteiger partial charge in [0, 0.05) is 55.1 Å². The summed E-state index contributed by atoms with van der Waals surface area (Å²) in [7, 11) is 0. The molecular formula is C66H76N10O23S. The lowest BCUT2D eigenvalue weighted by Crippen LogP contribution is -2.64. The number of para-hydroxylation sites is 1. The number of phenolic OH excluding ortho intramolecular Hbond substituents is 1. The molecule has 100 heavy (non-hydrogen) atoms. The van der Waals surface area contributed by atoms with E-state index in [0.717, 1.165) is 65.5 Å². The molecule has 3 fully saturated rings. The number of aromatic hydroxyl groups is 1. The molecule has 9 rings (SSSR count). The molecule has 3 saturated heterocycles. The predicted octanol–water partition coefficient (Wildman–Crippen LogP) is -0.308. The lowest BCUT2D eigenvalue weighted by Gasteiger charge is -2.34. The highest BCUT2D eigenvalue weighted by Gasteiger charge is 2.50. The molecule has 0 radical (unpaired) electrons. The summed E-state index contributed by atoms with van der Waals surface area (Å²) in [6, 6.07) is 20.9. The second kappa shape index (κ2) is 34.3. The Morgan fingerprint density at radius 1 is 0.690 bits per heavy atom. The summed E-state index contributed by atoms with van der Waals surface area (Å²) in [5, 5.41) is 123. The van der Waals surface area contributed by atoms with E-state index < -0.39 is 183 Å². The summed E-state index contributed by atoms with van der Waals surface area (Å²) >= 11 is -0.0280. The third-order valence-corrected chi connectivity index (χ3v) is 17.3. The van der Waals surface area contributed by atoms with E-state index in [1.807, 2.05) is 78.9 Å². The lowest BCUT2D eigenvalue weighted by atomic mass is 9.96. The Hall–Kier alpha value is -9.85. The van der Waals surface area contributed by atoms with Gasteiger partial charge in [-0.1, -0.05) is 64.8 Å². The van der Waals surface area contributed by atoms with Crippen molar-refractivity contribution in [3.05, 3.63) is 132 Å². The number of hydrogen-bond acceptors (Lipinski definition) is 26. The number of nitrogens with one attached hydrogen (secondary N) is 5. The summed E-state index contributed by atoms with van der Waals surface area (Å²) in [5.74, 6) is -10.3. The first-order chi connectivity index (χ1) is 47.9. The fraction of sp³-hybridized carbons (Fsp3) is 0.394. The summed E-state index contributed by atoms with van der Waals surface area (Å²) in [5.41, 5.74) is 7.80. The molecule has 8 amide bonds. The molecule has 0 aliphatic carbocycles. The molecule has 33 nitrogen and oxygen atoms in total. The summed E-state index contributed by atoms with van der Waals surface area (Å²) < 4.78 is 26.9. The van der Waals surface area contributed by atoms with Gasteiger partial charge in [-0.2, -0.15) is 0 Å². The van der Waals surface area contributed by atoms with Crippen molar-refractivity contribution in [2.45, 2.75) is 125 Å². The maximum absolute atomic E-state index is 14.7. The molecular weight excluding hydrogens is 1330 g/mol. The van der Waals surface area contributed by atoms with E-state index in [4.69, 9.17) is 29.1 Å². The number of fused-ring (bicyclic) bond motifs is 2. The van der Waals surface area contributed by atoms with Gasteiger partial charge in [-0.25, -0.2) is 5.26 Å². The van der Waals surface area contributed by atoms with E-state index in [0.29, 0.717) is 29.2 Å². The molecule has 3 aliphatic heterocycles. The van der Waals surface area contributed by atoms with Crippen LogP contribution in [0, 0.1) is 5.92 Å². The van der Waals surface area contributed by atoms with Gasteiger partial charge in [-0.05, 0) is 109 Å². The van der Waals surface area contributed by atoms with Crippen LogP contribution < -0.4 is 46.0 Å². The Morgan fingerprint density at radius 3 is 1.89 bits per heavy atom. The smallest absolute Gasteiger partial charge is 0.261 e. The number of hydrogen-bond donors (Lipinski definition) is 15. The van der Waals surface area contributed by atoms with Crippen LogP contribution in [0.3, 0.4) is 0 Å². The first-order valence-corrected chi connectivity index (χ1v) is 32.3. The highest BCUT2D eigenvalue weighted by atomic mass is 32.2. The first kappa shape index (κ1) is 74.4. The highest BCUT2D eigenvalue weighted by Crippen LogP contribution is 2.35. The molecule has 1 aromatic heterocycles. The molecule has 534 valence electrons. The highest BCUT2D eigenvalue weighted by molar-refractivity contribution is 7.90. The number of aromatic nitrogens is 2. The molecule has 6 aromatic rings. The number of nitrogens with zero attached hydrogens (tertiary/aromatic N) is 4. The van der Waals surface area contributed by atoms with Crippen LogP contribution in [-0.2, 0) is 42.9 Å². The Bertz CT molecular complexity index is 3820. The standard InChI is InChI=1S/C66H76N10O23S/c1-33-31-76-54(55(33)83)62(90)68-30-41(78)27-45(69-58(86)37-12-16-39(17-13-37)64-74-73-63(96-64)38-14-10-35(11-15-38)36-18-21-44(22-19-36)95-25-7-6-24-94-43-8-4-3-5-9-43)59(87)70-51(34(2)77)65(91)75-32-42(79)28-46(75)60(88)72-53(61(89)71-52(66(76)92)48(81)29-50(67)82)57(85)56(84)40-20-23-47(80)49(26-40)97-100-99-98-93/h3-5,8-23,26,33-34,41-42,45-46,48,51-57,77-81,83-85,93H,6-7,24-25,27-32H2,1-2H3,(H2,67,82)(H,68,90)(H,69,86)(H,70,87)(H,71,89)(H,72,88). The molecule has 34 heteroatoms. The summed E-state index contributed by atoms with van der Waals surface area (Å²) in [6.07, 6.45) is -14.6. The number of primary amides is 1. The van der Waals surface area contributed by atoms with Crippen LogP contribution in [-0.4, -0.2) is 219 Å². The van der Waals surface area contributed by atoms with E-state index in [9.17, 15) is 79.2 Å². The van der Waals surface area contributed by atoms with Gasteiger partial charge in [0.25, 0.3) is 18.2 Å². The molecule has 0 bridgehead atoms. The number of amides is 8. The number of carbonyl (C=O) groups excluding carboxylic acids is 8. The number of nitrogens with two attached hydrogens (primary N) is 1. The fourth-order valence-corrected chi connectivity index (χ4v) is 11.8. The van der Waals surface area contributed by atoms with Crippen LogP contribution in [0.1, 0.15) is 68.0 Å². The van der Waals surface area contributed by atoms with Crippen molar-refractivity contribution in [1.82, 2.24) is 46.6 Å². The topological polar surface area (TPSA) is 496 Å². The van der Waals surface area contributed by atoms with Crippen LogP contribution >= 0.6 is 12.3 Å². The van der Waals surface area contributed by atoms with Crippen molar-refractivity contribution < 1.29 is 112 Å². The van der Waals surface area contributed by atoms with Gasteiger partial charge in [-0.3, -0.25) is 38.4 Å². The maximum Gasteiger partial charge on any atom is 0.261 e. The number of aliphatic hydroxyl groups excluding tert-OH is 7. The Labute approximate surface area is 574 Å². The Morgan fingerprint density at radius 2 is 1.27 bits per heavy atom. The zero-order chi connectivity index (χ0) is 71.9. The van der Waals surface area contributed by atoms with E-state index >= 15 is 0 Å². The molecule has 14 atom stereocenters. The number of aliphatic hydroxyl groups is 7. The monoisotopic (exact) mass is 1410 g/mol. The maximum atomic E-state index is 14.7. The van der Waals surface area contributed by atoms with Gasteiger partial charge in [0.2, 0.25) is 53.1 Å². The van der Waals surface area contributed by atoms with Crippen LogP contribution in [0.25, 0.3) is 34.0 Å². The van der Waals surface area contributed by atoms with Gasteiger partial charge >= 0.3 is 0 Å². The van der Waals surface area contributed by atoms with Gasteiger partial charge < -0.3 is 101 Å². The quantitative estimate of drug-likeness (QED) is 0.0169. The van der Waals surface area contributed by atoms with E-state index in [2.05, 4.69) is 46.2 Å². The summed E-state index contributed by atoms with van der Waals surface area (Å²) in [4.78, 5) is 115. The zero-order valence-electron chi connectivity index (χ0n) is 53.7. The van der Waals surface area contributed by atoms with Gasteiger partial charge in [0.05, 0.1) is 50.2 Å². The third kappa shape index (κ3) is 18.7. The largest absolute Gasteiger partial charge is 0.504 e. The van der Waals surface area contributed by atoms with Crippen LogP contribution in [0.2, 0.25) is 0 Å². The fourth-order valence-electron chi connectivity index (χ4n) is 11.5. The normalized spacial score (nSPS) is 23.8. The average molecular weight is 1410 g/mol. The number of unbranched alkanes of at least 4 members (excludes halogenated alkanes) is 1. The molecule has 4 heterocycles. The number of benzene rings is 5. The molecule has 0 saturated carbocycles. The van der Waals surface area contributed by atoms with Crippen molar-refractivity contribution in [1.29, 1.82) is 0 Å². The lowest BCUT2D eigenvalue weighted by molar-refractivity contribution is -0.433. The zero-order valence-corrected chi connectivity index (χ0v) is 54.5. The minimum Gasteiger partial charge on any atom is -0.504 e. The van der Waals surface area contributed by atoms with Gasteiger partial charge in [0.1, 0.15) is 60.0 Å². The van der Waals surface area contributed by atoms with Crippen molar-refractivity contribution in [3.63, 3.8) is 0 Å². The SMILES string of the molecule is CC(O)C1NC(=O)C(NC(=O)c2ccc(-c3nnc(-c4ccc(-c5ccc(OCCCCOc6ccccc6)cc5)cc4)o3)cc2)CC(O)CNC(=O)C2C(O)C(C)CN2C(=O)C(C(O)CC(N)=O)NC(=O)C(C(O)C(O)c2ccc(O)c(OSOOO)c2)NC(=O)C2CC(O)CN2C1=O. The van der Waals surface area contributed by atoms with Crippen molar-refractivity contribution >= 4 is 59.6 Å².